The lowest BCUT2D eigenvalue weighted by Gasteiger charge is -2.57. The van der Waals surface area contributed by atoms with Crippen LogP contribution in [-0.2, 0) is 22.6 Å². The van der Waals surface area contributed by atoms with Crippen LogP contribution >= 0.6 is 0 Å². The van der Waals surface area contributed by atoms with Crippen LogP contribution in [0.4, 0.5) is 20.3 Å². The number of aromatic nitrogens is 3. The van der Waals surface area contributed by atoms with E-state index in [0.717, 1.165) is 106 Å². The summed E-state index contributed by atoms with van der Waals surface area (Å²) in [5.41, 5.74) is 1.97. The van der Waals surface area contributed by atoms with E-state index in [1.165, 1.54) is 0 Å². The maximum absolute atomic E-state index is 17.2. The van der Waals surface area contributed by atoms with Crippen molar-refractivity contribution in [2.45, 2.75) is 108 Å². The van der Waals surface area contributed by atoms with Crippen LogP contribution in [-0.4, -0.2) is 147 Å². The maximum atomic E-state index is 17.2. The molecule has 12 rings (SSSR count). The summed E-state index contributed by atoms with van der Waals surface area (Å²) >= 11 is 0. The number of rotatable bonds is 12. The number of likely N-dealkylation sites (tertiary alicyclic amines) is 1. The van der Waals surface area contributed by atoms with Crippen LogP contribution in [0.15, 0.2) is 54.7 Å². The van der Waals surface area contributed by atoms with Crippen LogP contribution in [0.2, 0.25) is 0 Å². The Morgan fingerprint density at radius 3 is 2.40 bits per heavy atom. The molecule has 4 saturated heterocycles. The fourth-order valence-corrected chi connectivity index (χ4v) is 13.4. The number of ether oxygens (including phenoxy) is 1. The van der Waals surface area contributed by atoms with Crippen LogP contribution in [0, 0.1) is 16.6 Å². The number of piperazine rings is 1. The minimum absolute atomic E-state index is 0.0171. The van der Waals surface area contributed by atoms with Gasteiger partial charge in [-0.2, -0.15) is 9.97 Å². The van der Waals surface area contributed by atoms with Gasteiger partial charge in [0.1, 0.15) is 34.5 Å². The number of pyridine rings is 1. The topological polar surface area (TPSA) is 168 Å². The number of imide groups is 1. The predicted octanol–water partition coefficient (Wildman–Crippen LogP) is 6.93. The second-order valence-corrected chi connectivity index (χ2v) is 23.0. The molecule has 0 radical (unpaired) electrons. The molecule has 3 N–H and O–H groups in total. The second kappa shape index (κ2) is 18.1. The van der Waals surface area contributed by atoms with Crippen molar-refractivity contribution >= 4 is 50.9 Å². The summed E-state index contributed by atoms with van der Waals surface area (Å²) in [4.78, 5) is 62.4. The molecule has 2 atom stereocenters. The van der Waals surface area contributed by atoms with Crippen molar-refractivity contribution in [2.24, 2.45) is 10.8 Å². The number of carbonyl (C=O) groups excluding carboxylic acids is 3. The molecule has 384 valence electrons. The number of phenolic OH excluding ortho intramolecular Hbond substituents is 1. The van der Waals surface area contributed by atoms with Crippen molar-refractivity contribution in [3.8, 4) is 23.0 Å². The Hall–Kier alpha value is -6.04. The van der Waals surface area contributed by atoms with Crippen LogP contribution in [0.1, 0.15) is 99.5 Å². The molecule has 7 heterocycles. The summed E-state index contributed by atoms with van der Waals surface area (Å²) in [5, 5.41) is 26.3. The van der Waals surface area contributed by atoms with Crippen LogP contribution < -0.4 is 19.9 Å². The van der Waals surface area contributed by atoms with Gasteiger partial charge in [0.05, 0.1) is 17.6 Å². The van der Waals surface area contributed by atoms with Gasteiger partial charge in [-0.25, -0.2) is 8.78 Å². The molecule has 2 aliphatic carbocycles. The maximum Gasteiger partial charge on any atom is 0.319 e. The third-order valence-corrected chi connectivity index (χ3v) is 17.4. The fourth-order valence-electron chi connectivity index (χ4n) is 13.4. The molecule has 3 aromatic carbocycles. The van der Waals surface area contributed by atoms with Crippen molar-refractivity contribution in [1.29, 1.82) is 0 Å². The Morgan fingerprint density at radius 2 is 1.66 bits per heavy atom. The van der Waals surface area contributed by atoms with Gasteiger partial charge in [0.25, 0.3) is 5.91 Å². The summed E-state index contributed by atoms with van der Waals surface area (Å²) in [5.74, 6) is -1.02. The zero-order chi connectivity index (χ0) is 50.4. The Balaban J connectivity index is 0.663. The molecule has 3 amide bonds. The number of piperidine rings is 3. The highest BCUT2D eigenvalue weighted by Gasteiger charge is 2.57. The van der Waals surface area contributed by atoms with Crippen molar-refractivity contribution in [1.82, 2.24) is 35.0 Å². The molecule has 7 aliphatic rings. The Morgan fingerprint density at radius 1 is 0.877 bits per heavy atom. The molecule has 1 spiro atoms. The first kappa shape index (κ1) is 47.9. The molecule has 73 heavy (non-hydrogen) atoms. The normalized spacial score (nSPS) is 24.8. The highest BCUT2D eigenvalue weighted by Crippen LogP contribution is 2.58. The third-order valence-electron chi connectivity index (χ3n) is 17.4. The first-order valence-electron chi connectivity index (χ1n) is 26.5. The van der Waals surface area contributed by atoms with Crippen molar-refractivity contribution in [3.05, 3.63) is 77.2 Å². The zero-order valence-electron chi connectivity index (χ0n) is 41.9. The zero-order valence-corrected chi connectivity index (χ0v) is 41.9. The number of β-amino-alcohol motifs (C(OH)–C–C–N with tert-alkyl or cyclic N) is 1. The second-order valence-electron chi connectivity index (χ2n) is 23.0. The molecule has 17 heteroatoms. The molecule has 2 aromatic heterocycles. The Kier molecular flexibility index (Phi) is 11.9. The minimum atomic E-state index is -1.20. The van der Waals surface area contributed by atoms with E-state index < -0.39 is 29.0 Å². The van der Waals surface area contributed by atoms with E-state index in [1.54, 1.807) is 23.2 Å². The number of amides is 3. The number of aryl methyl sites for hydroxylation is 1. The first-order chi connectivity index (χ1) is 35.1. The van der Waals surface area contributed by atoms with Gasteiger partial charge in [-0.1, -0.05) is 25.1 Å². The SMILES string of the molecule is CCc1cccc2cc(O)cc(-c3ncc4c(N5CCC[C@@](C)(O)C5)nc(OCC5(CN6CCC7(CC6)CC(F)(CN6CCN(c8ccc9c(c8)CN([C@H]8CCC(=O)NC8=O)C9=O)CC6)C7)CC5)nc4c3F)c12. The number of hydrogen-bond donors (Lipinski definition) is 3. The van der Waals surface area contributed by atoms with E-state index in [9.17, 15) is 24.6 Å². The Labute approximate surface area is 423 Å². The molecule has 5 aromatic rings. The van der Waals surface area contributed by atoms with Gasteiger partial charge in [-0.15, -0.1) is 0 Å². The molecular weight excluding hydrogens is 933 g/mol. The van der Waals surface area contributed by atoms with Gasteiger partial charge < -0.3 is 34.5 Å². The lowest BCUT2D eigenvalue weighted by molar-refractivity contribution is -0.136. The van der Waals surface area contributed by atoms with E-state index in [0.29, 0.717) is 87.2 Å². The number of fused-ring (bicyclic) bond motifs is 3. The minimum Gasteiger partial charge on any atom is -0.508 e. The van der Waals surface area contributed by atoms with Gasteiger partial charge in [0.15, 0.2) is 5.82 Å². The number of nitrogens with one attached hydrogen (secondary N) is 1. The molecular formula is C56H65F2N9O6. The highest BCUT2D eigenvalue weighted by atomic mass is 19.1. The number of alkyl halides is 1. The van der Waals surface area contributed by atoms with E-state index in [-0.39, 0.29) is 52.0 Å². The van der Waals surface area contributed by atoms with E-state index in [4.69, 9.17) is 14.7 Å². The molecule has 0 bridgehead atoms. The predicted molar refractivity (Wildman–Crippen MR) is 273 cm³/mol. The number of nitrogens with zero attached hydrogens (tertiary/aromatic N) is 8. The highest BCUT2D eigenvalue weighted by molar-refractivity contribution is 6.06. The number of carbonyl (C=O) groups is 3. The van der Waals surface area contributed by atoms with Gasteiger partial charge in [-0.3, -0.25) is 29.6 Å². The van der Waals surface area contributed by atoms with Gasteiger partial charge in [-0.05, 0) is 142 Å². The summed E-state index contributed by atoms with van der Waals surface area (Å²) in [6, 6.07) is 14.4. The third kappa shape index (κ3) is 9.13. The molecule has 15 nitrogen and oxygen atoms in total. The lowest BCUT2D eigenvalue weighted by Crippen LogP contribution is -2.60. The number of aliphatic hydroxyl groups is 1. The van der Waals surface area contributed by atoms with E-state index in [2.05, 4.69) is 25.0 Å². The lowest BCUT2D eigenvalue weighted by atomic mass is 9.55. The van der Waals surface area contributed by atoms with Crippen molar-refractivity contribution in [3.63, 3.8) is 0 Å². The number of phenols is 1. The number of aromatic hydroxyl groups is 1. The van der Waals surface area contributed by atoms with Crippen LogP contribution in [0.5, 0.6) is 11.8 Å². The largest absolute Gasteiger partial charge is 0.508 e. The number of benzene rings is 3. The van der Waals surface area contributed by atoms with Crippen LogP contribution in [0.3, 0.4) is 0 Å². The smallest absolute Gasteiger partial charge is 0.319 e. The van der Waals surface area contributed by atoms with Crippen LogP contribution in [0.25, 0.3) is 32.9 Å². The van der Waals surface area contributed by atoms with Crippen molar-refractivity contribution in [2.75, 3.05) is 81.9 Å². The number of halogens is 2. The standard InChI is InChI=1S/C56H65F2N9O6/c1-3-35-6-4-7-36-25-39(68)26-41(45(35)36)47-46(57)48-42(27-59-47)49(66-17-5-12-53(2,72)31-66)62-52(61-48)73-34-55(13-14-55)32-63-18-15-54(16-19-63)29-56(58,30-54)33-64-20-22-65(23-21-64)38-8-9-40-37(24-38)28-67(51(40)71)43-10-11-44(69)60-50(43)70/h4,6-9,24-27,43,68,72H,3,5,10-23,28-34H2,1-2H3,(H,60,69,70)/t43-,53+/m0/s1. The van der Waals surface area contributed by atoms with Crippen molar-refractivity contribution < 1.29 is 38.1 Å². The average Bonchev–Trinajstić information content (AvgIpc) is 4.05. The monoisotopic (exact) mass is 998 g/mol. The summed E-state index contributed by atoms with van der Waals surface area (Å²) in [6.07, 6.45) is 9.36. The summed E-state index contributed by atoms with van der Waals surface area (Å²) in [7, 11) is 0. The average molecular weight is 998 g/mol. The molecule has 2 saturated carbocycles. The molecule has 6 fully saturated rings. The molecule has 5 aliphatic heterocycles. The van der Waals surface area contributed by atoms with E-state index in [1.807, 2.05) is 55.1 Å². The fraction of sp³-hybridized carbons (Fsp3) is 0.536. The Bertz CT molecular complexity index is 3030. The summed E-state index contributed by atoms with van der Waals surface area (Å²) < 4.78 is 40.1. The molecule has 0 unspecified atom stereocenters. The number of anilines is 2. The van der Waals surface area contributed by atoms with Gasteiger partial charge in [0.2, 0.25) is 11.8 Å². The van der Waals surface area contributed by atoms with Gasteiger partial charge >= 0.3 is 6.01 Å². The summed E-state index contributed by atoms with van der Waals surface area (Å²) in [6.45, 7) is 11.7. The quantitative estimate of drug-likeness (QED) is 0.110. The van der Waals surface area contributed by atoms with E-state index >= 15 is 8.78 Å². The first-order valence-corrected chi connectivity index (χ1v) is 26.5. The van der Waals surface area contributed by atoms with Gasteiger partial charge in [0, 0.05) is 93.7 Å². The number of hydrogen-bond acceptors (Lipinski definition) is 13.